The maximum atomic E-state index is 11.9. The number of carbonyl (C=O) groups is 2. The number of aromatic amines is 1. The Morgan fingerprint density at radius 1 is 1.33 bits per heavy atom. The van der Waals surface area contributed by atoms with Crippen molar-refractivity contribution in [3.63, 3.8) is 0 Å². The summed E-state index contributed by atoms with van der Waals surface area (Å²) in [5.74, 6) is 0.0484. The maximum absolute atomic E-state index is 11.9. The summed E-state index contributed by atoms with van der Waals surface area (Å²) in [5, 5.41) is 6.59. The molecule has 2 aliphatic rings. The van der Waals surface area contributed by atoms with Crippen LogP contribution in [0.3, 0.4) is 0 Å². The van der Waals surface area contributed by atoms with Crippen molar-refractivity contribution >= 4 is 22.8 Å². The van der Waals surface area contributed by atoms with E-state index in [2.05, 4.69) is 52.0 Å². The number of carbonyl (C=O) groups excluding carboxylic acids is 2. The van der Waals surface area contributed by atoms with Gasteiger partial charge < -0.3 is 15.2 Å². The Morgan fingerprint density at radius 2 is 2.17 bits per heavy atom. The van der Waals surface area contributed by atoms with Gasteiger partial charge in [0.15, 0.2) is 0 Å². The summed E-state index contributed by atoms with van der Waals surface area (Å²) < 4.78 is 0. The van der Waals surface area contributed by atoms with Gasteiger partial charge in [-0.2, -0.15) is 0 Å². The van der Waals surface area contributed by atoms with Gasteiger partial charge in [0.1, 0.15) is 0 Å². The molecule has 6 heteroatoms. The first-order valence-corrected chi connectivity index (χ1v) is 8.40. The molecule has 1 saturated heterocycles. The van der Waals surface area contributed by atoms with Gasteiger partial charge in [-0.05, 0) is 37.1 Å². The van der Waals surface area contributed by atoms with Crippen molar-refractivity contribution in [2.24, 2.45) is 0 Å². The van der Waals surface area contributed by atoms with Gasteiger partial charge in [-0.3, -0.25) is 10.1 Å². The molecule has 1 aliphatic heterocycles. The van der Waals surface area contributed by atoms with Gasteiger partial charge in [-0.15, -0.1) is 0 Å². The predicted molar refractivity (Wildman–Crippen MR) is 91.9 cm³/mol. The Balaban J connectivity index is 1.61. The Kier molecular flexibility index (Phi) is 3.57. The molecular weight excluding hydrogens is 304 g/mol. The highest BCUT2D eigenvalue weighted by Crippen LogP contribution is 2.42. The highest BCUT2D eigenvalue weighted by Gasteiger charge is 2.39. The fourth-order valence-corrected chi connectivity index (χ4v) is 4.43. The normalized spacial score (nSPS) is 26.0. The van der Waals surface area contributed by atoms with Crippen molar-refractivity contribution < 1.29 is 9.59 Å². The third kappa shape index (κ3) is 2.47. The van der Waals surface area contributed by atoms with Crippen LogP contribution >= 0.6 is 0 Å². The number of likely N-dealkylation sites (N-methyl/N-ethyl adjacent to an activating group) is 1. The quantitative estimate of drug-likeness (QED) is 0.747. The van der Waals surface area contributed by atoms with E-state index >= 15 is 0 Å². The Labute approximate surface area is 140 Å². The number of benzene rings is 1. The molecular formula is C18H22N4O2. The van der Waals surface area contributed by atoms with Gasteiger partial charge in [-0.25, -0.2) is 4.79 Å². The van der Waals surface area contributed by atoms with Gasteiger partial charge in [0.2, 0.25) is 5.91 Å². The van der Waals surface area contributed by atoms with Crippen LogP contribution in [0.1, 0.15) is 30.4 Å². The molecule has 0 radical (unpaired) electrons. The number of fused-ring (bicyclic) bond motifs is 2. The lowest BCUT2D eigenvalue weighted by Crippen LogP contribution is -2.56. The van der Waals surface area contributed by atoms with E-state index in [0.29, 0.717) is 12.0 Å². The van der Waals surface area contributed by atoms with Crippen LogP contribution in [0.2, 0.25) is 0 Å². The van der Waals surface area contributed by atoms with Crippen LogP contribution in [-0.2, 0) is 11.2 Å². The van der Waals surface area contributed by atoms with Crippen LogP contribution in [0.4, 0.5) is 4.79 Å². The summed E-state index contributed by atoms with van der Waals surface area (Å²) in [7, 11) is 2.12. The zero-order valence-electron chi connectivity index (χ0n) is 13.9. The van der Waals surface area contributed by atoms with E-state index < -0.39 is 6.03 Å². The van der Waals surface area contributed by atoms with Crippen LogP contribution in [0.5, 0.6) is 0 Å². The average Bonchev–Trinajstić information content (AvgIpc) is 2.92. The maximum Gasteiger partial charge on any atom is 0.321 e. The number of amides is 3. The van der Waals surface area contributed by atoms with E-state index in [1.807, 2.05) is 0 Å². The highest BCUT2D eigenvalue weighted by molar-refractivity contribution is 5.93. The summed E-state index contributed by atoms with van der Waals surface area (Å²) in [5.41, 5.74) is 3.94. The zero-order valence-corrected chi connectivity index (χ0v) is 13.9. The number of nitrogens with one attached hydrogen (secondary N) is 3. The van der Waals surface area contributed by atoms with E-state index in [1.54, 1.807) is 0 Å². The van der Waals surface area contributed by atoms with Crippen LogP contribution in [0.25, 0.3) is 10.9 Å². The van der Waals surface area contributed by atoms with Gasteiger partial charge in [0.25, 0.3) is 0 Å². The molecule has 2 heterocycles. The molecule has 0 bridgehead atoms. The van der Waals surface area contributed by atoms with Gasteiger partial charge in [0, 0.05) is 48.6 Å². The van der Waals surface area contributed by atoms with Crippen LogP contribution in [0, 0.1) is 0 Å². The van der Waals surface area contributed by atoms with Crippen LogP contribution in [0.15, 0.2) is 24.4 Å². The van der Waals surface area contributed by atoms with Crippen molar-refractivity contribution in [1.29, 1.82) is 0 Å². The van der Waals surface area contributed by atoms with E-state index in [9.17, 15) is 9.59 Å². The molecule has 3 amide bonds. The third-order valence-electron chi connectivity index (χ3n) is 5.35. The number of nitrogens with zero attached hydrogens (tertiary/aromatic N) is 1. The number of rotatable bonds is 1. The van der Waals surface area contributed by atoms with E-state index in [4.69, 9.17) is 0 Å². The molecule has 3 N–H and O–H groups in total. The second-order valence-electron chi connectivity index (χ2n) is 6.99. The fourth-order valence-electron chi connectivity index (χ4n) is 4.43. The Bertz CT molecular complexity index is 812. The molecule has 1 unspecified atom stereocenters. The Hall–Kier alpha value is -2.34. The fraction of sp³-hybridized carbons (Fsp3) is 0.444. The molecule has 4 rings (SSSR count). The van der Waals surface area contributed by atoms with Gasteiger partial charge >= 0.3 is 6.03 Å². The topological polar surface area (TPSA) is 77.2 Å². The average molecular weight is 326 g/mol. The molecule has 1 aliphatic carbocycles. The summed E-state index contributed by atoms with van der Waals surface area (Å²) in [4.78, 5) is 28.6. The summed E-state index contributed by atoms with van der Waals surface area (Å²) in [6.07, 6.45) is 4.05. The second kappa shape index (κ2) is 5.63. The van der Waals surface area contributed by atoms with E-state index in [1.165, 1.54) is 29.0 Å². The number of likely N-dealkylation sites (tertiary alicyclic amines) is 1. The van der Waals surface area contributed by atoms with Crippen molar-refractivity contribution in [2.75, 3.05) is 13.6 Å². The van der Waals surface area contributed by atoms with Crippen LogP contribution in [-0.4, -0.2) is 47.5 Å². The standard InChI is InChI=1S/C18H22N4O2/c1-10(23)20-18(24)21-12-7-14-13-4-3-5-15-17(13)11(8-19-15)6-16(14)22(2)9-12/h3-5,8,12,14,16,19H,6-7,9H2,1-2H3,(H2,20,21,23,24)/t12?,14-,16-/m1/s1. The minimum absolute atomic E-state index is 0.0337. The number of imide groups is 1. The lowest BCUT2D eigenvalue weighted by molar-refractivity contribution is -0.117. The van der Waals surface area contributed by atoms with Crippen molar-refractivity contribution in [1.82, 2.24) is 20.5 Å². The van der Waals surface area contributed by atoms with Crippen molar-refractivity contribution in [2.45, 2.75) is 37.8 Å². The third-order valence-corrected chi connectivity index (χ3v) is 5.35. The molecule has 2 aromatic rings. The molecule has 126 valence electrons. The largest absolute Gasteiger partial charge is 0.361 e. The minimum Gasteiger partial charge on any atom is -0.361 e. The summed E-state index contributed by atoms with van der Waals surface area (Å²) in [6, 6.07) is 6.50. The lowest BCUT2D eigenvalue weighted by atomic mass is 9.74. The van der Waals surface area contributed by atoms with Crippen molar-refractivity contribution in [3.05, 3.63) is 35.5 Å². The van der Waals surface area contributed by atoms with Gasteiger partial charge in [0.05, 0.1) is 0 Å². The summed E-state index contributed by atoms with van der Waals surface area (Å²) in [6.45, 7) is 2.14. The molecule has 6 nitrogen and oxygen atoms in total. The molecule has 1 aromatic heterocycles. The smallest absolute Gasteiger partial charge is 0.321 e. The molecule has 1 fully saturated rings. The minimum atomic E-state index is -0.407. The Morgan fingerprint density at radius 3 is 2.96 bits per heavy atom. The first kappa shape index (κ1) is 15.2. The highest BCUT2D eigenvalue weighted by atomic mass is 16.2. The molecule has 24 heavy (non-hydrogen) atoms. The number of hydrogen-bond donors (Lipinski definition) is 3. The zero-order chi connectivity index (χ0) is 16.8. The monoisotopic (exact) mass is 326 g/mol. The number of aromatic nitrogens is 1. The molecule has 1 aromatic carbocycles. The van der Waals surface area contributed by atoms with Crippen LogP contribution < -0.4 is 10.6 Å². The number of hydrogen-bond acceptors (Lipinski definition) is 3. The molecule has 0 saturated carbocycles. The molecule has 3 atom stereocenters. The second-order valence-corrected chi connectivity index (χ2v) is 6.99. The summed E-state index contributed by atoms with van der Waals surface area (Å²) >= 11 is 0. The van der Waals surface area contributed by atoms with E-state index in [0.717, 1.165) is 19.4 Å². The van der Waals surface area contributed by atoms with E-state index in [-0.39, 0.29) is 11.9 Å². The first-order chi connectivity index (χ1) is 11.5. The van der Waals surface area contributed by atoms with Crippen molar-refractivity contribution in [3.8, 4) is 0 Å². The number of piperidine rings is 1. The lowest BCUT2D eigenvalue weighted by Gasteiger charge is -2.45. The predicted octanol–water partition coefficient (Wildman–Crippen LogP) is 1.73. The number of H-pyrrole nitrogens is 1. The first-order valence-electron chi connectivity index (χ1n) is 8.40. The SMILES string of the molecule is CC(=O)NC(=O)NC1C[C@@H]2c3cccc4[nH]cc(c34)C[C@H]2N(C)C1. The number of urea groups is 1. The van der Waals surface area contributed by atoms with Gasteiger partial charge in [-0.1, -0.05) is 12.1 Å². The molecule has 0 spiro atoms.